The molecule has 2 atom stereocenters. The van der Waals surface area contributed by atoms with Crippen LogP contribution in [0.4, 0.5) is 0 Å². The van der Waals surface area contributed by atoms with E-state index in [4.69, 9.17) is 4.74 Å². The van der Waals surface area contributed by atoms with Crippen molar-refractivity contribution in [2.45, 2.75) is 39.0 Å². The first-order valence-electron chi connectivity index (χ1n) is 6.04. The largest absolute Gasteiger partial charge is 0.389 e. The molecule has 17 heavy (non-hydrogen) atoms. The van der Waals surface area contributed by atoms with Gasteiger partial charge in [0.15, 0.2) is 9.84 Å². The molecular formula is C11H23NO4S. The summed E-state index contributed by atoms with van der Waals surface area (Å²) in [5, 5.41) is 9.78. The van der Waals surface area contributed by atoms with Crippen LogP contribution >= 0.6 is 0 Å². The molecule has 1 rings (SSSR count). The van der Waals surface area contributed by atoms with Crippen LogP contribution in [0.15, 0.2) is 0 Å². The molecule has 0 aromatic heterocycles. The first-order valence-corrected chi connectivity index (χ1v) is 7.86. The summed E-state index contributed by atoms with van der Waals surface area (Å²) in [5.74, 6) is 0.375. The van der Waals surface area contributed by atoms with Crippen molar-refractivity contribution >= 4 is 9.84 Å². The summed E-state index contributed by atoms with van der Waals surface area (Å²) in [7, 11) is -2.88. The Morgan fingerprint density at radius 2 is 2.12 bits per heavy atom. The fourth-order valence-electron chi connectivity index (χ4n) is 1.93. The second kappa shape index (κ2) is 6.13. The molecular weight excluding hydrogens is 242 g/mol. The van der Waals surface area contributed by atoms with Crippen molar-refractivity contribution in [1.82, 2.24) is 4.90 Å². The zero-order valence-corrected chi connectivity index (χ0v) is 11.6. The maximum atomic E-state index is 11.4. The summed E-state index contributed by atoms with van der Waals surface area (Å²) in [6, 6.07) is -0.0255. The lowest BCUT2D eigenvalue weighted by atomic mass is 10.2. The molecule has 102 valence electrons. The van der Waals surface area contributed by atoms with E-state index in [2.05, 4.69) is 0 Å². The number of hydrogen-bond donors (Lipinski definition) is 1. The minimum Gasteiger partial charge on any atom is -0.389 e. The molecule has 6 heteroatoms. The normalized spacial score (nSPS) is 27.2. The molecule has 0 bridgehead atoms. The Morgan fingerprint density at radius 3 is 2.65 bits per heavy atom. The van der Waals surface area contributed by atoms with Crippen LogP contribution in [0.2, 0.25) is 0 Å². The number of sulfone groups is 1. The molecule has 0 amide bonds. The smallest absolute Gasteiger partial charge is 0.153 e. The van der Waals surface area contributed by atoms with Crippen LogP contribution in [0.1, 0.15) is 20.8 Å². The second-order valence-electron chi connectivity index (χ2n) is 4.99. The Morgan fingerprint density at radius 1 is 1.47 bits per heavy atom. The number of hydrogen-bond acceptors (Lipinski definition) is 5. The topological polar surface area (TPSA) is 66.8 Å². The van der Waals surface area contributed by atoms with Crippen molar-refractivity contribution in [1.29, 1.82) is 0 Å². The van der Waals surface area contributed by atoms with E-state index in [1.54, 1.807) is 0 Å². The Bertz CT molecular complexity index is 328. The molecule has 0 radical (unpaired) electrons. The predicted molar refractivity (Wildman–Crippen MR) is 66.8 cm³/mol. The van der Waals surface area contributed by atoms with E-state index in [-0.39, 0.29) is 23.7 Å². The van der Waals surface area contributed by atoms with E-state index in [0.29, 0.717) is 19.7 Å². The number of aliphatic hydroxyl groups is 1. The van der Waals surface area contributed by atoms with Crippen molar-refractivity contribution in [2.75, 3.05) is 31.2 Å². The van der Waals surface area contributed by atoms with Crippen LogP contribution in [-0.4, -0.2) is 67.9 Å². The van der Waals surface area contributed by atoms with Crippen molar-refractivity contribution in [2.24, 2.45) is 0 Å². The Labute approximate surface area is 104 Å². The van der Waals surface area contributed by atoms with Crippen molar-refractivity contribution in [3.05, 3.63) is 0 Å². The van der Waals surface area contributed by atoms with E-state index >= 15 is 0 Å². The van der Waals surface area contributed by atoms with Crippen LogP contribution < -0.4 is 0 Å². The summed E-state index contributed by atoms with van der Waals surface area (Å²) in [4.78, 5) is 2.01. The third kappa shape index (κ3) is 5.33. The summed E-state index contributed by atoms with van der Waals surface area (Å²) >= 11 is 0. The number of ether oxygens (including phenoxy) is 1. The molecule has 0 saturated carbocycles. The van der Waals surface area contributed by atoms with Gasteiger partial charge in [-0.05, 0) is 20.8 Å². The van der Waals surface area contributed by atoms with Crippen molar-refractivity contribution < 1.29 is 18.3 Å². The quantitative estimate of drug-likeness (QED) is 0.751. The zero-order valence-electron chi connectivity index (χ0n) is 10.8. The molecule has 1 heterocycles. The average molecular weight is 265 g/mol. The minimum absolute atomic E-state index is 0.0255. The first-order chi connectivity index (χ1) is 7.80. The van der Waals surface area contributed by atoms with Gasteiger partial charge in [0.05, 0.1) is 30.3 Å². The maximum Gasteiger partial charge on any atom is 0.153 e. The van der Waals surface area contributed by atoms with Gasteiger partial charge in [0, 0.05) is 19.1 Å². The van der Waals surface area contributed by atoms with Gasteiger partial charge in [-0.25, -0.2) is 8.42 Å². The van der Waals surface area contributed by atoms with Gasteiger partial charge in [0.2, 0.25) is 0 Å². The summed E-state index contributed by atoms with van der Waals surface area (Å²) < 4.78 is 28.1. The van der Waals surface area contributed by atoms with Crippen molar-refractivity contribution in [3.63, 3.8) is 0 Å². The molecule has 0 spiro atoms. The molecule has 1 fully saturated rings. The van der Waals surface area contributed by atoms with E-state index in [1.807, 2.05) is 25.7 Å². The fraction of sp³-hybridized carbons (Fsp3) is 1.00. The lowest BCUT2D eigenvalue weighted by molar-refractivity contribution is -0.0118. The zero-order chi connectivity index (χ0) is 13.1. The number of β-amino-alcohol motifs (C(OH)–C–C–N with tert-alkyl or cyclic N) is 1. The molecule has 1 N–H and O–H groups in total. The predicted octanol–water partition coefficient (Wildman–Crippen LogP) is -0.109. The van der Waals surface area contributed by atoms with Gasteiger partial charge in [0.25, 0.3) is 0 Å². The van der Waals surface area contributed by atoms with Crippen molar-refractivity contribution in [3.8, 4) is 0 Å². The molecule has 0 aromatic rings. The van der Waals surface area contributed by atoms with E-state index in [1.165, 1.54) is 0 Å². The number of rotatable bonds is 5. The highest BCUT2D eigenvalue weighted by Crippen LogP contribution is 2.12. The Kier molecular flexibility index (Phi) is 5.37. The number of aliphatic hydroxyl groups excluding tert-OH is 1. The van der Waals surface area contributed by atoms with E-state index in [9.17, 15) is 13.5 Å². The highest BCUT2D eigenvalue weighted by Gasteiger charge is 2.29. The van der Waals surface area contributed by atoms with Gasteiger partial charge in [0.1, 0.15) is 0 Å². The lowest BCUT2D eigenvalue weighted by Crippen LogP contribution is -2.50. The van der Waals surface area contributed by atoms with E-state index in [0.717, 1.165) is 0 Å². The Balaban J connectivity index is 2.37. The molecule has 1 aliphatic heterocycles. The van der Waals surface area contributed by atoms with Crippen LogP contribution in [0.3, 0.4) is 0 Å². The van der Waals surface area contributed by atoms with Gasteiger partial charge >= 0.3 is 0 Å². The minimum atomic E-state index is -2.88. The fourth-order valence-corrected chi connectivity index (χ4v) is 3.56. The van der Waals surface area contributed by atoms with Gasteiger partial charge in [-0.3, -0.25) is 4.90 Å². The van der Waals surface area contributed by atoms with Crippen LogP contribution in [0.5, 0.6) is 0 Å². The summed E-state index contributed by atoms with van der Waals surface area (Å²) in [6.07, 6.45) is -0.454. The van der Waals surface area contributed by atoms with Crippen LogP contribution in [0.25, 0.3) is 0 Å². The SMILES string of the molecule is CC(C)OCC(O)CN1CCS(=O)(=O)CC1C. The first kappa shape index (κ1) is 14.9. The van der Waals surface area contributed by atoms with E-state index < -0.39 is 15.9 Å². The van der Waals surface area contributed by atoms with Crippen LogP contribution in [0, 0.1) is 0 Å². The van der Waals surface area contributed by atoms with Gasteiger partial charge in [-0.1, -0.05) is 0 Å². The highest BCUT2D eigenvalue weighted by molar-refractivity contribution is 7.91. The summed E-state index contributed by atoms with van der Waals surface area (Å²) in [5.41, 5.74) is 0. The average Bonchev–Trinajstić information content (AvgIpc) is 2.18. The third-order valence-electron chi connectivity index (χ3n) is 2.88. The van der Waals surface area contributed by atoms with Crippen LogP contribution in [-0.2, 0) is 14.6 Å². The lowest BCUT2D eigenvalue weighted by Gasteiger charge is -2.34. The molecule has 5 nitrogen and oxygen atoms in total. The number of nitrogens with zero attached hydrogens (tertiary/aromatic N) is 1. The molecule has 0 aliphatic carbocycles. The molecule has 1 saturated heterocycles. The maximum absolute atomic E-state index is 11.4. The molecule has 1 aliphatic rings. The highest BCUT2D eigenvalue weighted by atomic mass is 32.2. The third-order valence-corrected chi connectivity index (χ3v) is 4.67. The standard InChI is InChI=1S/C11H23NO4S/c1-9(2)16-7-11(13)6-12-4-5-17(14,15)8-10(12)3/h9-11,13H,4-8H2,1-3H3. The van der Waals surface area contributed by atoms with Gasteiger partial charge in [-0.2, -0.15) is 0 Å². The monoisotopic (exact) mass is 265 g/mol. The van der Waals surface area contributed by atoms with Gasteiger partial charge < -0.3 is 9.84 Å². The summed E-state index contributed by atoms with van der Waals surface area (Å²) in [6.45, 7) is 7.00. The second-order valence-corrected chi connectivity index (χ2v) is 7.22. The molecule has 0 aromatic carbocycles. The Hall–Kier alpha value is -0.170. The van der Waals surface area contributed by atoms with Gasteiger partial charge in [-0.15, -0.1) is 0 Å². The molecule has 2 unspecified atom stereocenters.